The lowest BCUT2D eigenvalue weighted by Gasteiger charge is -2.11. The van der Waals surface area contributed by atoms with Crippen molar-refractivity contribution in [3.8, 4) is 5.75 Å². The van der Waals surface area contributed by atoms with Gasteiger partial charge >= 0.3 is 6.36 Å². The smallest absolute Gasteiger partial charge is 0.406 e. The van der Waals surface area contributed by atoms with Gasteiger partial charge < -0.3 is 15.6 Å². The lowest BCUT2D eigenvalue weighted by molar-refractivity contribution is -0.274. The Morgan fingerprint density at radius 2 is 1.80 bits per heavy atom. The molecule has 3 nitrogen and oxygen atoms in total. The van der Waals surface area contributed by atoms with Gasteiger partial charge in [-0.1, -0.05) is 12.1 Å². The van der Waals surface area contributed by atoms with E-state index in [4.69, 9.17) is 5.73 Å². The number of halogens is 3. The predicted molar refractivity (Wildman–Crippen MR) is 47.1 cm³/mol. The first-order valence-corrected chi connectivity index (χ1v) is 4.16. The number of benzene rings is 1. The highest BCUT2D eigenvalue weighted by atomic mass is 19.4. The minimum absolute atomic E-state index is 0.0134. The molecule has 0 heterocycles. The topological polar surface area (TPSA) is 55.5 Å². The molecule has 0 spiro atoms. The van der Waals surface area contributed by atoms with Crippen LogP contribution in [0, 0.1) is 0 Å². The molecule has 1 aromatic rings. The second-order valence-electron chi connectivity index (χ2n) is 2.87. The lowest BCUT2D eigenvalue weighted by atomic mass is 10.1. The molecule has 84 valence electrons. The summed E-state index contributed by atoms with van der Waals surface area (Å²) in [5.74, 6) is -0.324. The Morgan fingerprint density at radius 3 is 2.20 bits per heavy atom. The summed E-state index contributed by atoms with van der Waals surface area (Å²) in [4.78, 5) is 0. The molecule has 0 amide bonds. The molecule has 0 radical (unpaired) electrons. The minimum atomic E-state index is -4.70. The Labute approximate surface area is 84.3 Å². The number of nitrogens with two attached hydrogens (primary N) is 1. The van der Waals surface area contributed by atoms with E-state index in [0.717, 1.165) is 12.1 Å². The fourth-order valence-corrected chi connectivity index (χ4v) is 1.03. The molecule has 0 aliphatic carbocycles. The average molecular weight is 221 g/mol. The maximum atomic E-state index is 11.8. The van der Waals surface area contributed by atoms with Gasteiger partial charge in [0.15, 0.2) is 0 Å². The van der Waals surface area contributed by atoms with E-state index in [0.29, 0.717) is 5.56 Å². The van der Waals surface area contributed by atoms with Crippen LogP contribution in [0.4, 0.5) is 13.2 Å². The van der Waals surface area contributed by atoms with Crippen LogP contribution in [0.1, 0.15) is 11.7 Å². The summed E-state index contributed by atoms with van der Waals surface area (Å²) in [6, 6.07) is 4.92. The molecule has 1 atom stereocenters. The quantitative estimate of drug-likeness (QED) is 0.814. The molecule has 1 aromatic carbocycles. The van der Waals surface area contributed by atoms with Crippen molar-refractivity contribution in [3.05, 3.63) is 29.8 Å². The molecule has 0 bridgehead atoms. The lowest BCUT2D eigenvalue weighted by Crippen LogP contribution is -2.17. The minimum Gasteiger partial charge on any atom is -0.406 e. The fraction of sp³-hybridized carbons (Fsp3) is 0.333. The van der Waals surface area contributed by atoms with Gasteiger partial charge in [0.1, 0.15) is 5.75 Å². The monoisotopic (exact) mass is 221 g/mol. The Kier molecular flexibility index (Phi) is 3.54. The first-order chi connectivity index (χ1) is 6.92. The van der Waals surface area contributed by atoms with E-state index in [2.05, 4.69) is 4.74 Å². The summed E-state index contributed by atoms with van der Waals surface area (Å²) in [6.45, 7) is 0.0134. The second kappa shape index (κ2) is 4.50. The van der Waals surface area contributed by atoms with Crippen LogP contribution < -0.4 is 10.5 Å². The van der Waals surface area contributed by atoms with Crippen LogP contribution in [-0.4, -0.2) is 18.0 Å². The number of alkyl halides is 3. The summed E-state index contributed by atoms with van der Waals surface area (Å²) in [5.41, 5.74) is 5.63. The molecule has 3 N–H and O–H groups in total. The second-order valence-corrected chi connectivity index (χ2v) is 2.87. The molecule has 0 saturated carbocycles. The molecule has 6 heteroatoms. The van der Waals surface area contributed by atoms with E-state index in [-0.39, 0.29) is 12.3 Å². The van der Waals surface area contributed by atoms with Crippen molar-refractivity contribution in [1.82, 2.24) is 0 Å². The SMILES string of the molecule is NC[C@H](O)c1ccc(OC(F)(F)F)cc1. The van der Waals surface area contributed by atoms with Crippen molar-refractivity contribution in [2.24, 2.45) is 5.73 Å². The van der Waals surface area contributed by atoms with Crippen LogP contribution in [-0.2, 0) is 0 Å². The van der Waals surface area contributed by atoms with Gasteiger partial charge in [0, 0.05) is 6.54 Å². The Hall–Kier alpha value is -1.27. The van der Waals surface area contributed by atoms with Crippen LogP contribution >= 0.6 is 0 Å². The van der Waals surface area contributed by atoms with E-state index in [1.807, 2.05) is 0 Å². The Balaban J connectivity index is 2.72. The zero-order chi connectivity index (χ0) is 11.5. The predicted octanol–water partition coefficient (Wildman–Crippen LogP) is 1.58. The van der Waals surface area contributed by atoms with Crippen molar-refractivity contribution >= 4 is 0 Å². The number of aliphatic hydroxyl groups excluding tert-OH is 1. The van der Waals surface area contributed by atoms with Crippen LogP contribution in [0.2, 0.25) is 0 Å². The molecule has 0 saturated heterocycles. The fourth-order valence-electron chi connectivity index (χ4n) is 1.03. The van der Waals surface area contributed by atoms with Gasteiger partial charge in [-0.15, -0.1) is 13.2 Å². The highest BCUT2D eigenvalue weighted by Crippen LogP contribution is 2.24. The molecule has 0 aromatic heterocycles. The zero-order valence-electron chi connectivity index (χ0n) is 7.66. The number of aliphatic hydroxyl groups is 1. The molecule has 0 fully saturated rings. The van der Waals surface area contributed by atoms with E-state index in [1.165, 1.54) is 12.1 Å². The summed E-state index contributed by atoms with van der Waals surface area (Å²) in [5, 5.41) is 9.26. The first kappa shape index (κ1) is 11.8. The summed E-state index contributed by atoms with van der Waals surface area (Å²) < 4.78 is 39.0. The van der Waals surface area contributed by atoms with Crippen molar-refractivity contribution in [3.63, 3.8) is 0 Å². The maximum absolute atomic E-state index is 11.8. The van der Waals surface area contributed by atoms with Gasteiger partial charge in [0.25, 0.3) is 0 Å². The number of hydrogen-bond donors (Lipinski definition) is 2. The molecular weight excluding hydrogens is 211 g/mol. The highest BCUT2D eigenvalue weighted by molar-refractivity contribution is 5.28. The molecule has 0 unspecified atom stereocenters. The van der Waals surface area contributed by atoms with Crippen molar-refractivity contribution in [2.75, 3.05) is 6.54 Å². The van der Waals surface area contributed by atoms with E-state index in [9.17, 15) is 18.3 Å². The molecule has 15 heavy (non-hydrogen) atoms. The highest BCUT2D eigenvalue weighted by Gasteiger charge is 2.30. The van der Waals surface area contributed by atoms with E-state index in [1.54, 1.807) is 0 Å². The average Bonchev–Trinajstić information content (AvgIpc) is 2.15. The van der Waals surface area contributed by atoms with Crippen molar-refractivity contribution in [1.29, 1.82) is 0 Å². The van der Waals surface area contributed by atoms with Crippen LogP contribution in [0.5, 0.6) is 5.75 Å². The third-order valence-corrected chi connectivity index (χ3v) is 1.72. The largest absolute Gasteiger partial charge is 0.573 e. The Morgan fingerprint density at radius 1 is 1.27 bits per heavy atom. The van der Waals surface area contributed by atoms with E-state index >= 15 is 0 Å². The molecule has 0 aliphatic heterocycles. The van der Waals surface area contributed by atoms with Crippen LogP contribution in [0.25, 0.3) is 0 Å². The van der Waals surface area contributed by atoms with Gasteiger partial charge in [0.05, 0.1) is 6.10 Å². The first-order valence-electron chi connectivity index (χ1n) is 4.16. The van der Waals surface area contributed by atoms with Gasteiger partial charge in [-0.2, -0.15) is 0 Å². The standard InChI is InChI=1S/C9H10F3NO2/c10-9(11,12)15-7-3-1-6(2-4-7)8(14)5-13/h1-4,8,14H,5,13H2/t8-/m0/s1. The van der Waals surface area contributed by atoms with Gasteiger partial charge in [0.2, 0.25) is 0 Å². The van der Waals surface area contributed by atoms with E-state index < -0.39 is 12.5 Å². The maximum Gasteiger partial charge on any atom is 0.573 e. The number of hydrogen-bond acceptors (Lipinski definition) is 3. The number of rotatable bonds is 3. The van der Waals surface area contributed by atoms with Crippen molar-refractivity contribution in [2.45, 2.75) is 12.5 Å². The third kappa shape index (κ3) is 3.77. The zero-order valence-corrected chi connectivity index (χ0v) is 7.66. The normalized spacial score (nSPS) is 13.7. The van der Waals surface area contributed by atoms with Gasteiger partial charge in [-0.3, -0.25) is 0 Å². The summed E-state index contributed by atoms with van der Waals surface area (Å²) in [6.07, 6.45) is -5.57. The Bertz CT molecular complexity index is 310. The van der Waals surface area contributed by atoms with Crippen LogP contribution in [0.3, 0.4) is 0 Å². The molecular formula is C9H10F3NO2. The number of ether oxygens (including phenoxy) is 1. The van der Waals surface area contributed by atoms with Crippen molar-refractivity contribution < 1.29 is 23.0 Å². The van der Waals surface area contributed by atoms with Crippen LogP contribution in [0.15, 0.2) is 24.3 Å². The summed E-state index contributed by atoms with van der Waals surface area (Å²) in [7, 11) is 0. The van der Waals surface area contributed by atoms with Gasteiger partial charge in [-0.05, 0) is 17.7 Å². The molecule has 0 aliphatic rings. The summed E-state index contributed by atoms with van der Waals surface area (Å²) >= 11 is 0. The van der Waals surface area contributed by atoms with Gasteiger partial charge in [-0.25, -0.2) is 0 Å². The third-order valence-electron chi connectivity index (χ3n) is 1.72. The molecule has 1 rings (SSSR count).